The minimum atomic E-state index is 0.0201. The lowest BCUT2D eigenvalue weighted by atomic mass is 10.1. The number of rotatable bonds is 1. The van der Waals surface area contributed by atoms with Gasteiger partial charge in [0.2, 0.25) is 0 Å². The van der Waals surface area contributed by atoms with E-state index in [9.17, 15) is 4.79 Å². The van der Waals surface area contributed by atoms with Crippen LogP contribution in [0.1, 0.15) is 18.1 Å². The van der Waals surface area contributed by atoms with Crippen molar-refractivity contribution >= 4 is 11.5 Å². The highest BCUT2D eigenvalue weighted by Gasteiger charge is 2.16. The van der Waals surface area contributed by atoms with Crippen LogP contribution < -0.4 is 0 Å². The Labute approximate surface area is 76.8 Å². The second-order valence-corrected chi connectivity index (χ2v) is 3.07. The number of hydrogen-bond acceptors (Lipinski definition) is 2. The standard InChI is InChI=1S/C11H10O2/c1-8(12)6-11-10-5-3-2-4-9(10)7-13-11/h2-6H,7H2,1H3. The number of ketones is 1. The fraction of sp³-hybridized carbons (Fsp3) is 0.182. The molecule has 0 aliphatic carbocycles. The van der Waals surface area contributed by atoms with E-state index in [2.05, 4.69) is 0 Å². The van der Waals surface area contributed by atoms with Gasteiger partial charge in [-0.3, -0.25) is 4.79 Å². The minimum absolute atomic E-state index is 0.0201. The molecule has 1 aromatic carbocycles. The third kappa shape index (κ3) is 1.47. The van der Waals surface area contributed by atoms with E-state index in [-0.39, 0.29) is 5.78 Å². The second-order valence-electron chi connectivity index (χ2n) is 3.07. The van der Waals surface area contributed by atoms with Crippen LogP contribution in [-0.2, 0) is 16.1 Å². The summed E-state index contributed by atoms with van der Waals surface area (Å²) in [5.41, 5.74) is 2.19. The smallest absolute Gasteiger partial charge is 0.156 e. The molecule has 0 bridgehead atoms. The SMILES string of the molecule is CC(=O)C=C1OCc2ccccc21. The van der Waals surface area contributed by atoms with E-state index in [0.717, 1.165) is 11.1 Å². The summed E-state index contributed by atoms with van der Waals surface area (Å²) >= 11 is 0. The molecule has 66 valence electrons. The normalized spacial score (nSPS) is 16.8. The first-order valence-electron chi connectivity index (χ1n) is 4.21. The largest absolute Gasteiger partial charge is 0.488 e. The molecule has 2 heteroatoms. The minimum Gasteiger partial charge on any atom is -0.488 e. The van der Waals surface area contributed by atoms with Gasteiger partial charge in [-0.1, -0.05) is 24.3 Å². The van der Waals surface area contributed by atoms with Gasteiger partial charge in [-0.25, -0.2) is 0 Å². The van der Waals surface area contributed by atoms with Gasteiger partial charge in [0.05, 0.1) is 0 Å². The van der Waals surface area contributed by atoms with Crippen molar-refractivity contribution in [3.8, 4) is 0 Å². The number of carbonyl (C=O) groups excluding carboxylic acids is 1. The first-order chi connectivity index (χ1) is 6.27. The van der Waals surface area contributed by atoms with Crippen LogP contribution in [0.2, 0.25) is 0 Å². The molecule has 1 aliphatic heterocycles. The summed E-state index contributed by atoms with van der Waals surface area (Å²) in [5, 5.41) is 0. The highest BCUT2D eigenvalue weighted by molar-refractivity contribution is 5.94. The van der Waals surface area contributed by atoms with Crippen molar-refractivity contribution in [3.05, 3.63) is 41.5 Å². The van der Waals surface area contributed by atoms with Crippen LogP contribution in [-0.4, -0.2) is 5.78 Å². The van der Waals surface area contributed by atoms with Gasteiger partial charge in [-0.2, -0.15) is 0 Å². The summed E-state index contributed by atoms with van der Waals surface area (Å²) in [6.07, 6.45) is 1.53. The summed E-state index contributed by atoms with van der Waals surface area (Å²) < 4.78 is 5.37. The highest BCUT2D eigenvalue weighted by Crippen LogP contribution is 2.28. The van der Waals surface area contributed by atoms with Crippen molar-refractivity contribution in [3.63, 3.8) is 0 Å². The van der Waals surface area contributed by atoms with Crippen LogP contribution in [0.5, 0.6) is 0 Å². The Morgan fingerprint density at radius 3 is 3.00 bits per heavy atom. The Balaban J connectivity index is 2.44. The Kier molecular flexibility index (Phi) is 1.89. The molecule has 0 radical (unpaired) electrons. The van der Waals surface area contributed by atoms with Gasteiger partial charge in [0.15, 0.2) is 5.78 Å². The number of allylic oxidation sites excluding steroid dienone is 1. The molecule has 13 heavy (non-hydrogen) atoms. The van der Waals surface area contributed by atoms with E-state index in [1.165, 1.54) is 13.0 Å². The lowest BCUT2D eigenvalue weighted by Gasteiger charge is -1.96. The van der Waals surface area contributed by atoms with E-state index in [1.54, 1.807) is 0 Å². The topological polar surface area (TPSA) is 26.3 Å². The molecule has 0 spiro atoms. The van der Waals surface area contributed by atoms with Gasteiger partial charge in [0.25, 0.3) is 0 Å². The molecule has 0 atom stereocenters. The van der Waals surface area contributed by atoms with Crippen molar-refractivity contribution in [2.45, 2.75) is 13.5 Å². The predicted molar refractivity (Wildman–Crippen MR) is 49.9 cm³/mol. The Hall–Kier alpha value is -1.57. The Bertz CT molecular complexity index is 377. The Morgan fingerprint density at radius 1 is 1.46 bits per heavy atom. The van der Waals surface area contributed by atoms with Gasteiger partial charge in [-0.05, 0) is 6.92 Å². The lowest BCUT2D eigenvalue weighted by molar-refractivity contribution is -0.112. The monoisotopic (exact) mass is 174 g/mol. The molecule has 0 aromatic heterocycles. The van der Waals surface area contributed by atoms with Gasteiger partial charge in [0.1, 0.15) is 12.4 Å². The molecule has 0 N–H and O–H groups in total. The number of carbonyl (C=O) groups is 1. The van der Waals surface area contributed by atoms with Crippen LogP contribution >= 0.6 is 0 Å². The zero-order valence-corrected chi connectivity index (χ0v) is 7.41. The molecule has 0 saturated heterocycles. The van der Waals surface area contributed by atoms with Crippen molar-refractivity contribution in [1.82, 2.24) is 0 Å². The van der Waals surface area contributed by atoms with Gasteiger partial charge in [-0.15, -0.1) is 0 Å². The van der Waals surface area contributed by atoms with Gasteiger partial charge < -0.3 is 4.74 Å². The van der Waals surface area contributed by atoms with Gasteiger partial charge >= 0.3 is 0 Å². The van der Waals surface area contributed by atoms with E-state index >= 15 is 0 Å². The average molecular weight is 174 g/mol. The third-order valence-electron chi connectivity index (χ3n) is 2.00. The summed E-state index contributed by atoms with van der Waals surface area (Å²) in [6, 6.07) is 7.90. The van der Waals surface area contributed by atoms with Crippen molar-refractivity contribution in [2.75, 3.05) is 0 Å². The maximum Gasteiger partial charge on any atom is 0.156 e. The highest BCUT2D eigenvalue weighted by atomic mass is 16.5. The molecule has 0 amide bonds. The van der Waals surface area contributed by atoms with E-state index in [4.69, 9.17) is 4.74 Å². The second kappa shape index (κ2) is 3.05. The van der Waals surface area contributed by atoms with E-state index in [0.29, 0.717) is 12.4 Å². The number of hydrogen-bond donors (Lipinski definition) is 0. The summed E-state index contributed by atoms with van der Waals surface area (Å²) in [5.74, 6) is 0.717. The first-order valence-corrected chi connectivity index (χ1v) is 4.21. The molecule has 1 aliphatic rings. The fourth-order valence-electron chi connectivity index (χ4n) is 1.42. The zero-order valence-electron chi connectivity index (χ0n) is 7.41. The van der Waals surface area contributed by atoms with Crippen LogP contribution in [0.3, 0.4) is 0 Å². The molecular weight excluding hydrogens is 164 g/mol. The maximum absolute atomic E-state index is 10.9. The molecule has 1 aromatic rings. The zero-order chi connectivity index (χ0) is 9.26. The van der Waals surface area contributed by atoms with Crippen LogP contribution in [0, 0.1) is 0 Å². The van der Waals surface area contributed by atoms with Crippen molar-refractivity contribution < 1.29 is 9.53 Å². The lowest BCUT2D eigenvalue weighted by Crippen LogP contribution is -1.86. The van der Waals surface area contributed by atoms with E-state index in [1.807, 2.05) is 24.3 Å². The number of benzene rings is 1. The molecular formula is C11H10O2. The molecule has 0 fully saturated rings. The van der Waals surface area contributed by atoms with E-state index < -0.39 is 0 Å². The number of ether oxygens (including phenoxy) is 1. The number of fused-ring (bicyclic) bond motifs is 1. The maximum atomic E-state index is 10.9. The molecule has 0 saturated carbocycles. The fourth-order valence-corrected chi connectivity index (χ4v) is 1.42. The third-order valence-corrected chi connectivity index (χ3v) is 2.00. The summed E-state index contributed by atoms with van der Waals surface area (Å²) in [6.45, 7) is 2.10. The van der Waals surface area contributed by atoms with Crippen molar-refractivity contribution in [2.24, 2.45) is 0 Å². The molecule has 2 nitrogen and oxygen atoms in total. The molecule has 2 rings (SSSR count). The quantitative estimate of drug-likeness (QED) is 0.610. The Morgan fingerprint density at radius 2 is 2.23 bits per heavy atom. The average Bonchev–Trinajstić information content (AvgIpc) is 2.48. The van der Waals surface area contributed by atoms with Crippen LogP contribution in [0.15, 0.2) is 30.3 Å². The van der Waals surface area contributed by atoms with Crippen molar-refractivity contribution in [1.29, 1.82) is 0 Å². The van der Waals surface area contributed by atoms with Gasteiger partial charge in [0, 0.05) is 17.2 Å². The van der Waals surface area contributed by atoms with Crippen LogP contribution in [0.4, 0.5) is 0 Å². The summed E-state index contributed by atoms with van der Waals surface area (Å²) in [4.78, 5) is 10.9. The first kappa shape index (κ1) is 8.05. The predicted octanol–water partition coefficient (Wildman–Crippen LogP) is 2.15. The molecule has 1 heterocycles. The summed E-state index contributed by atoms with van der Waals surface area (Å²) in [7, 11) is 0. The van der Waals surface area contributed by atoms with Crippen LogP contribution in [0.25, 0.3) is 5.76 Å². The molecule has 0 unspecified atom stereocenters.